The van der Waals surface area contributed by atoms with Crippen LogP contribution in [0, 0.1) is 0 Å². The van der Waals surface area contributed by atoms with Crippen LogP contribution < -0.4 is 0 Å². The van der Waals surface area contributed by atoms with Crippen LogP contribution in [0.2, 0.25) is 0 Å². The Labute approximate surface area is 476 Å². The van der Waals surface area contributed by atoms with Crippen LogP contribution in [0.3, 0.4) is 0 Å². The quantitative estimate of drug-likeness (QED) is 0.0261. The minimum Gasteiger partial charge on any atom is -0.462 e. The maximum atomic E-state index is 12.9. The first-order valence-electron chi connectivity index (χ1n) is 32.4. The van der Waals surface area contributed by atoms with Crippen molar-refractivity contribution < 1.29 is 28.6 Å². The van der Waals surface area contributed by atoms with Gasteiger partial charge in [0.25, 0.3) is 0 Å². The molecule has 0 N–H and O–H groups in total. The van der Waals surface area contributed by atoms with Crippen molar-refractivity contribution in [2.24, 2.45) is 0 Å². The van der Waals surface area contributed by atoms with E-state index < -0.39 is 6.10 Å². The number of hydrogen-bond acceptors (Lipinski definition) is 6. The van der Waals surface area contributed by atoms with Crippen molar-refractivity contribution in [1.82, 2.24) is 0 Å². The van der Waals surface area contributed by atoms with Crippen LogP contribution in [-0.2, 0) is 28.6 Å². The van der Waals surface area contributed by atoms with Gasteiger partial charge in [0, 0.05) is 19.3 Å². The second-order valence-electron chi connectivity index (χ2n) is 21.3. The van der Waals surface area contributed by atoms with Crippen molar-refractivity contribution in [2.45, 2.75) is 309 Å². The molecule has 0 heterocycles. The maximum Gasteiger partial charge on any atom is 0.306 e. The lowest BCUT2D eigenvalue weighted by atomic mass is 10.1. The highest BCUT2D eigenvalue weighted by molar-refractivity contribution is 5.71. The van der Waals surface area contributed by atoms with Gasteiger partial charge in [0.2, 0.25) is 0 Å². The van der Waals surface area contributed by atoms with E-state index in [1.54, 1.807) is 0 Å². The molecule has 0 aliphatic rings. The summed E-state index contributed by atoms with van der Waals surface area (Å²) >= 11 is 0. The molecule has 0 fully saturated rings. The Morgan fingerprint density at radius 2 is 0.519 bits per heavy atom. The summed E-state index contributed by atoms with van der Waals surface area (Å²) < 4.78 is 16.9. The van der Waals surface area contributed by atoms with Gasteiger partial charge < -0.3 is 14.2 Å². The van der Waals surface area contributed by atoms with Crippen molar-refractivity contribution in [2.75, 3.05) is 13.2 Å². The number of esters is 3. The molecule has 6 heteroatoms. The zero-order valence-electron chi connectivity index (χ0n) is 50.4. The summed E-state index contributed by atoms with van der Waals surface area (Å²) in [4.78, 5) is 38.3. The van der Waals surface area contributed by atoms with E-state index in [4.69, 9.17) is 14.2 Å². The second kappa shape index (κ2) is 64.6. The van der Waals surface area contributed by atoms with Crippen molar-refractivity contribution >= 4 is 17.9 Å². The number of carbonyl (C=O) groups excluding carboxylic acids is 3. The highest BCUT2D eigenvalue weighted by Gasteiger charge is 2.19. The van der Waals surface area contributed by atoms with E-state index in [1.165, 1.54) is 161 Å². The molecule has 440 valence electrons. The molecule has 0 bridgehead atoms. The lowest BCUT2D eigenvalue weighted by Gasteiger charge is -2.18. The summed E-state index contributed by atoms with van der Waals surface area (Å²) in [6.07, 6.45) is 88.1. The molecule has 0 saturated carbocycles. The third-order valence-corrected chi connectivity index (χ3v) is 13.7. The summed E-state index contributed by atoms with van der Waals surface area (Å²) in [5.41, 5.74) is 0. The molecule has 0 spiro atoms. The van der Waals surface area contributed by atoms with E-state index in [9.17, 15) is 14.4 Å². The molecule has 77 heavy (non-hydrogen) atoms. The van der Waals surface area contributed by atoms with Crippen molar-refractivity contribution in [1.29, 1.82) is 0 Å². The molecule has 0 aromatic rings. The first-order chi connectivity index (χ1) is 38.0. The zero-order valence-corrected chi connectivity index (χ0v) is 50.4. The lowest BCUT2D eigenvalue weighted by Crippen LogP contribution is -2.30. The normalized spacial score (nSPS) is 12.8. The molecule has 0 rings (SSSR count). The molecule has 1 unspecified atom stereocenters. The SMILES string of the molecule is CC/C=C\C/C=C\C/C=C\C/C=C\C/C=C\CCCC(=O)OCC(COC(=O)CCCCCCCCCC/C=C\C/C=C\C/C=C\CCCCCCC)OC(=O)CCCCCCCCCCC/C=C\CCCCCCCC. The minimum absolute atomic E-state index is 0.101. The Bertz CT molecular complexity index is 1560. The first-order valence-corrected chi connectivity index (χ1v) is 32.4. The van der Waals surface area contributed by atoms with Gasteiger partial charge in [-0.15, -0.1) is 0 Å². The van der Waals surface area contributed by atoms with Gasteiger partial charge in [-0.25, -0.2) is 0 Å². The van der Waals surface area contributed by atoms with Crippen LogP contribution >= 0.6 is 0 Å². The molecule has 0 radical (unpaired) electrons. The topological polar surface area (TPSA) is 78.9 Å². The highest BCUT2D eigenvalue weighted by atomic mass is 16.6. The number of allylic oxidation sites excluding steroid dienone is 18. The van der Waals surface area contributed by atoms with Crippen molar-refractivity contribution in [3.63, 3.8) is 0 Å². The molecular weight excluding hydrogens is 949 g/mol. The Hall–Kier alpha value is -3.93. The Kier molecular flexibility index (Phi) is 61.3. The number of unbranched alkanes of at least 4 members (excludes halogenated alkanes) is 29. The highest BCUT2D eigenvalue weighted by Crippen LogP contribution is 2.15. The van der Waals surface area contributed by atoms with E-state index in [0.717, 1.165) is 96.3 Å². The molecule has 0 amide bonds. The molecule has 1 atom stereocenters. The van der Waals surface area contributed by atoms with Crippen LogP contribution in [0.1, 0.15) is 303 Å². The van der Waals surface area contributed by atoms with E-state index in [0.29, 0.717) is 19.3 Å². The summed E-state index contributed by atoms with van der Waals surface area (Å²) in [7, 11) is 0. The van der Waals surface area contributed by atoms with Gasteiger partial charge in [0.1, 0.15) is 13.2 Å². The number of ether oxygens (including phenoxy) is 3. The van der Waals surface area contributed by atoms with Crippen molar-refractivity contribution in [3.05, 3.63) is 109 Å². The molecular formula is C71H120O6. The van der Waals surface area contributed by atoms with Crippen LogP contribution in [-0.4, -0.2) is 37.2 Å². The number of carbonyl (C=O) groups is 3. The summed E-state index contributed by atoms with van der Waals surface area (Å²) in [6, 6.07) is 0. The smallest absolute Gasteiger partial charge is 0.306 e. The Morgan fingerprint density at radius 1 is 0.273 bits per heavy atom. The zero-order chi connectivity index (χ0) is 55.7. The van der Waals surface area contributed by atoms with Gasteiger partial charge in [0.05, 0.1) is 0 Å². The average Bonchev–Trinajstić information content (AvgIpc) is 3.43. The van der Waals surface area contributed by atoms with Gasteiger partial charge in [-0.3, -0.25) is 14.4 Å². The van der Waals surface area contributed by atoms with E-state index in [-0.39, 0.29) is 37.5 Å². The minimum atomic E-state index is -0.809. The van der Waals surface area contributed by atoms with Gasteiger partial charge >= 0.3 is 17.9 Å². The Morgan fingerprint density at radius 3 is 0.857 bits per heavy atom. The fourth-order valence-corrected chi connectivity index (χ4v) is 8.89. The third kappa shape index (κ3) is 62.8. The summed E-state index contributed by atoms with van der Waals surface area (Å²) in [5.74, 6) is -0.963. The third-order valence-electron chi connectivity index (χ3n) is 13.7. The molecule has 0 saturated heterocycles. The molecule has 0 aliphatic heterocycles. The molecule has 6 nitrogen and oxygen atoms in total. The predicted molar refractivity (Wildman–Crippen MR) is 334 cm³/mol. The number of hydrogen-bond donors (Lipinski definition) is 0. The molecule has 0 aromatic heterocycles. The van der Waals surface area contributed by atoms with Gasteiger partial charge in [0.15, 0.2) is 6.10 Å². The summed E-state index contributed by atoms with van der Waals surface area (Å²) in [6.45, 7) is 6.48. The average molecular weight is 1070 g/mol. The first kappa shape index (κ1) is 73.1. The van der Waals surface area contributed by atoms with Crippen LogP contribution in [0.4, 0.5) is 0 Å². The lowest BCUT2D eigenvalue weighted by molar-refractivity contribution is -0.167. The second-order valence-corrected chi connectivity index (χ2v) is 21.3. The standard InChI is InChI=1S/C71H120O6/c1-4-7-10-13-16-19-22-25-28-31-33-34-35-36-38-40-43-46-49-52-55-58-61-64-70(73)76-67-68(66-75-69(72)63-60-57-54-51-48-45-42-39-30-27-24-21-18-15-12-9-6-3)77-71(74)65-62-59-56-53-50-47-44-41-37-32-29-26-23-20-17-14-11-8-5-2/h9,12,18,21-22,25-27,29-31,33,35-36,42,45,51,54,68H,4-8,10-11,13-17,19-20,23-24,28,32,34,37-41,43-44,46-50,52-53,55-67H2,1-3H3/b12-9-,21-18-,25-22-,29-26-,30-27-,33-31-,36-35-,45-42-,54-51-. The van der Waals surface area contributed by atoms with Gasteiger partial charge in [-0.05, 0) is 122 Å². The van der Waals surface area contributed by atoms with Crippen LogP contribution in [0.5, 0.6) is 0 Å². The maximum absolute atomic E-state index is 12.9. The van der Waals surface area contributed by atoms with Crippen molar-refractivity contribution in [3.8, 4) is 0 Å². The molecule has 0 aliphatic carbocycles. The number of rotatable bonds is 58. The van der Waals surface area contributed by atoms with Gasteiger partial charge in [-0.1, -0.05) is 271 Å². The fourth-order valence-electron chi connectivity index (χ4n) is 8.89. The molecule has 0 aromatic carbocycles. The Balaban J connectivity index is 4.45. The monoisotopic (exact) mass is 1070 g/mol. The predicted octanol–water partition coefficient (Wildman–Crippen LogP) is 22.2. The fraction of sp³-hybridized carbons (Fsp3) is 0.704. The van der Waals surface area contributed by atoms with Crippen LogP contribution in [0.15, 0.2) is 109 Å². The van der Waals surface area contributed by atoms with Gasteiger partial charge in [-0.2, -0.15) is 0 Å². The van der Waals surface area contributed by atoms with Crippen LogP contribution in [0.25, 0.3) is 0 Å². The van der Waals surface area contributed by atoms with E-state index in [2.05, 4.69) is 130 Å². The van der Waals surface area contributed by atoms with E-state index in [1.807, 2.05) is 0 Å². The van der Waals surface area contributed by atoms with E-state index >= 15 is 0 Å². The largest absolute Gasteiger partial charge is 0.462 e. The summed E-state index contributed by atoms with van der Waals surface area (Å²) in [5, 5.41) is 0.